The van der Waals surface area contributed by atoms with Crippen molar-refractivity contribution < 1.29 is 9.59 Å². The summed E-state index contributed by atoms with van der Waals surface area (Å²) in [5, 5.41) is 1.26. The van der Waals surface area contributed by atoms with E-state index in [2.05, 4.69) is 23.1 Å². The predicted molar refractivity (Wildman–Crippen MR) is 103 cm³/mol. The minimum absolute atomic E-state index is 0.298. The van der Waals surface area contributed by atoms with E-state index in [1.807, 2.05) is 48.5 Å². The normalized spacial score (nSPS) is 10.7. The molecule has 120 valence electrons. The Kier molecular flexibility index (Phi) is 4.19. The first-order valence-electron chi connectivity index (χ1n) is 7.91. The molecule has 0 unspecified atom stereocenters. The van der Waals surface area contributed by atoms with E-state index in [0.29, 0.717) is 25.6 Å². The van der Waals surface area contributed by atoms with Crippen LogP contribution in [0.15, 0.2) is 71.7 Å². The fourth-order valence-electron chi connectivity index (χ4n) is 3.02. The maximum absolute atomic E-state index is 10.9. The van der Waals surface area contributed by atoms with E-state index in [9.17, 15) is 9.59 Å². The van der Waals surface area contributed by atoms with Crippen LogP contribution in [0.1, 0.15) is 20.7 Å². The van der Waals surface area contributed by atoms with E-state index in [1.54, 1.807) is 0 Å². The van der Waals surface area contributed by atoms with Crippen LogP contribution in [0.5, 0.6) is 0 Å². The van der Waals surface area contributed by atoms with Crippen LogP contribution in [0.4, 0.5) is 0 Å². The van der Waals surface area contributed by atoms with E-state index in [-0.39, 0.29) is 0 Å². The van der Waals surface area contributed by atoms with Crippen LogP contribution in [-0.4, -0.2) is 27.1 Å². The molecule has 0 aliphatic carbocycles. The van der Waals surface area contributed by atoms with Crippen LogP contribution in [0.2, 0.25) is 0 Å². The molecular weight excluding hydrogens is 375 g/mol. The van der Waals surface area contributed by atoms with Crippen molar-refractivity contribution in [2.75, 3.05) is 0 Å². The van der Waals surface area contributed by atoms with Gasteiger partial charge in [0.15, 0.2) is 0 Å². The van der Waals surface area contributed by atoms with Gasteiger partial charge in [-0.2, -0.15) is 0 Å². The van der Waals surface area contributed by atoms with E-state index in [0.717, 1.165) is 23.7 Å². The summed E-state index contributed by atoms with van der Waals surface area (Å²) in [7, 11) is 0. The first-order chi connectivity index (χ1) is 12.3. The van der Waals surface area contributed by atoms with E-state index in [4.69, 9.17) is 0 Å². The average Bonchev–Trinajstić information content (AvgIpc) is 3.17. The number of rotatable bonds is 4. The van der Waals surface area contributed by atoms with Gasteiger partial charge in [0.2, 0.25) is 0 Å². The van der Waals surface area contributed by atoms with E-state index >= 15 is 0 Å². The van der Waals surface area contributed by atoms with Gasteiger partial charge in [0.1, 0.15) is 0 Å². The number of hydrogen-bond acceptors (Lipinski definition) is 2. The molecule has 0 atom stereocenters. The third-order valence-corrected chi connectivity index (χ3v) is 6.32. The molecule has 1 heterocycles. The summed E-state index contributed by atoms with van der Waals surface area (Å²) in [6, 6.07) is 21.9. The Hall–Kier alpha value is -2.74. The minimum atomic E-state index is 0.298. The quantitative estimate of drug-likeness (QED) is 0.369. The van der Waals surface area contributed by atoms with Gasteiger partial charge in [-0.15, -0.1) is 0 Å². The molecule has 4 rings (SSSR count). The Morgan fingerprint density at radius 3 is 1.68 bits per heavy atom. The summed E-state index contributed by atoms with van der Waals surface area (Å²) < 4.78 is 1.36. The van der Waals surface area contributed by atoms with Crippen LogP contribution in [0.3, 0.4) is 0 Å². The van der Waals surface area contributed by atoms with E-state index < -0.39 is 0 Å². The molecule has 0 saturated heterocycles. The SMILES string of the molecule is O=Cc1ccc(-c2ccc(-c3ccc(C=O)cc3)c3[se]ccc23)cc1. The molecule has 0 aliphatic heterocycles. The average molecular weight is 389 g/mol. The van der Waals surface area contributed by atoms with Gasteiger partial charge < -0.3 is 0 Å². The molecular formula is C22H14O2Se. The fourth-order valence-corrected chi connectivity index (χ4v) is 5.03. The van der Waals surface area contributed by atoms with Gasteiger partial charge in [-0.1, -0.05) is 0 Å². The molecule has 25 heavy (non-hydrogen) atoms. The topological polar surface area (TPSA) is 34.1 Å². The molecule has 0 aliphatic rings. The molecule has 3 heteroatoms. The third kappa shape index (κ3) is 2.89. The fraction of sp³-hybridized carbons (Fsp3) is 0. The standard InChI is InChI=1S/C22H14O2Se/c23-13-15-1-5-17(6-2-15)19-9-10-20(22-21(19)11-12-25-22)18-7-3-16(14-24)4-8-18/h1-14H. The van der Waals surface area contributed by atoms with E-state index in [1.165, 1.54) is 20.8 Å². The Morgan fingerprint density at radius 2 is 1.12 bits per heavy atom. The van der Waals surface area contributed by atoms with Crippen LogP contribution >= 0.6 is 0 Å². The van der Waals surface area contributed by atoms with Crippen LogP contribution in [-0.2, 0) is 0 Å². The molecule has 1 aromatic heterocycles. The maximum atomic E-state index is 10.9. The van der Waals surface area contributed by atoms with Gasteiger partial charge in [0.25, 0.3) is 0 Å². The molecule has 4 aromatic rings. The monoisotopic (exact) mass is 390 g/mol. The number of benzene rings is 3. The molecule has 3 aromatic carbocycles. The van der Waals surface area contributed by atoms with Gasteiger partial charge in [0, 0.05) is 0 Å². The summed E-state index contributed by atoms with van der Waals surface area (Å²) in [6.07, 6.45) is 1.73. The Morgan fingerprint density at radius 1 is 0.600 bits per heavy atom. The van der Waals surface area contributed by atoms with Crippen molar-refractivity contribution in [2.45, 2.75) is 0 Å². The van der Waals surface area contributed by atoms with Crippen LogP contribution in [0, 0.1) is 0 Å². The number of carbonyl (C=O) groups is 2. The Bertz CT molecular complexity index is 972. The number of aldehydes is 2. The predicted octanol–water partition coefficient (Wildman–Crippen LogP) is 4.86. The van der Waals surface area contributed by atoms with Crippen molar-refractivity contribution in [3.05, 3.63) is 82.8 Å². The summed E-state index contributed by atoms with van der Waals surface area (Å²) in [5.41, 5.74) is 6.05. The number of hydrogen-bond donors (Lipinski definition) is 0. The zero-order valence-electron chi connectivity index (χ0n) is 13.3. The van der Waals surface area contributed by atoms with Crippen LogP contribution in [0.25, 0.3) is 31.9 Å². The number of carbonyl (C=O) groups excluding carboxylic acids is 2. The van der Waals surface area contributed by atoms with Crippen molar-refractivity contribution in [1.82, 2.24) is 0 Å². The summed E-state index contributed by atoms with van der Waals surface area (Å²) in [5.74, 6) is 0. The molecule has 0 saturated carbocycles. The molecule has 0 bridgehead atoms. The third-order valence-electron chi connectivity index (χ3n) is 4.33. The van der Waals surface area contributed by atoms with Crippen molar-refractivity contribution in [1.29, 1.82) is 0 Å². The Balaban J connectivity index is 1.85. The molecule has 2 nitrogen and oxygen atoms in total. The number of fused-ring (bicyclic) bond motifs is 1. The summed E-state index contributed by atoms with van der Waals surface area (Å²) in [4.78, 5) is 24.0. The molecule has 0 N–H and O–H groups in total. The van der Waals surface area contributed by atoms with Gasteiger partial charge in [-0.25, -0.2) is 0 Å². The second kappa shape index (κ2) is 6.64. The van der Waals surface area contributed by atoms with Gasteiger partial charge in [0.05, 0.1) is 0 Å². The molecule has 0 amide bonds. The summed E-state index contributed by atoms with van der Waals surface area (Å²) >= 11 is 0.298. The second-order valence-electron chi connectivity index (χ2n) is 5.80. The summed E-state index contributed by atoms with van der Waals surface area (Å²) in [6.45, 7) is 0. The first-order valence-corrected chi connectivity index (χ1v) is 9.76. The van der Waals surface area contributed by atoms with Gasteiger partial charge >= 0.3 is 151 Å². The molecule has 0 radical (unpaired) electrons. The Labute approximate surface area is 151 Å². The second-order valence-corrected chi connectivity index (χ2v) is 7.73. The zero-order valence-corrected chi connectivity index (χ0v) is 15.0. The van der Waals surface area contributed by atoms with Crippen molar-refractivity contribution in [2.24, 2.45) is 0 Å². The van der Waals surface area contributed by atoms with Crippen molar-refractivity contribution >= 4 is 36.7 Å². The molecule has 0 fully saturated rings. The van der Waals surface area contributed by atoms with Gasteiger partial charge in [-0.05, 0) is 0 Å². The van der Waals surface area contributed by atoms with Crippen molar-refractivity contribution in [3.63, 3.8) is 0 Å². The van der Waals surface area contributed by atoms with Crippen LogP contribution < -0.4 is 0 Å². The van der Waals surface area contributed by atoms with Gasteiger partial charge in [-0.3, -0.25) is 0 Å². The molecule has 0 spiro atoms. The van der Waals surface area contributed by atoms with Crippen molar-refractivity contribution in [3.8, 4) is 22.3 Å². The first kappa shape index (κ1) is 15.8. The zero-order chi connectivity index (χ0) is 17.2.